The monoisotopic (exact) mass is 230 g/mol. The summed E-state index contributed by atoms with van der Waals surface area (Å²) in [5.74, 6) is 0.0752. The van der Waals surface area contributed by atoms with E-state index in [1.807, 2.05) is 60.7 Å². The quantitative estimate of drug-likeness (QED) is 0.572. The Kier molecular flexibility index (Phi) is 4.48. The molecule has 0 unspecified atom stereocenters. The van der Waals surface area contributed by atoms with Crippen LogP contribution in [0.4, 0.5) is 0 Å². The molecule has 0 saturated carbocycles. The molecule has 72 valence electrons. The van der Waals surface area contributed by atoms with Crippen LogP contribution in [0.25, 0.3) is 0 Å². The van der Waals surface area contributed by atoms with Crippen LogP contribution < -0.4 is 0 Å². The fourth-order valence-corrected chi connectivity index (χ4v) is 1.35. The molecule has 0 amide bonds. The van der Waals surface area contributed by atoms with E-state index in [4.69, 9.17) is 0 Å². The summed E-state index contributed by atoms with van der Waals surface area (Å²) in [7, 11) is 0. The Hall–Kier alpha value is -1.18. The van der Waals surface area contributed by atoms with Crippen LogP contribution in [-0.4, -0.2) is 5.78 Å². The van der Waals surface area contributed by atoms with Crippen molar-refractivity contribution in [2.24, 2.45) is 0 Å². The molecular formula is C13H10OTi. The van der Waals surface area contributed by atoms with Crippen molar-refractivity contribution in [3.8, 4) is 0 Å². The maximum absolute atomic E-state index is 11.8. The third kappa shape index (κ3) is 2.88. The van der Waals surface area contributed by atoms with Gasteiger partial charge in [0, 0.05) is 32.8 Å². The fraction of sp³-hybridized carbons (Fsp3) is 0. The minimum absolute atomic E-state index is 0. The van der Waals surface area contributed by atoms with Gasteiger partial charge in [0.25, 0.3) is 0 Å². The number of rotatable bonds is 2. The third-order valence-corrected chi connectivity index (χ3v) is 2.07. The summed E-state index contributed by atoms with van der Waals surface area (Å²) in [6, 6.07) is 18.6. The van der Waals surface area contributed by atoms with E-state index in [-0.39, 0.29) is 27.5 Å². The molecule has 0 aliphatic carbocycles. The Bertz CT molecular complexity index is 381. The topological polar surface area (TPSA) is 17.1 Å². The van der Waals surface area contributed by atoms with Gasteiger partial charge in [-0.25, -0.2) is 0 Å². The van der Waals surface area contributed by atoms with E-state index in [9.17, 15) is 4.79 Å². The number of hydrogen-bond donors (Lipinski definition) is 0. The minimum atomic E-state index is 0. The Morgan fingerprint density at radius 2 is 1.00 bits per heavy atom. The zero-order valence-corrected chi connectivity index (χ0v) is 9.74. The summed E-state index contributed by atoms with van der Waals surface area (Å²) in [5.41, 5.74) is 1.47. The number of benzene rings is 2. The second-order valence-corrected chi connectivity index (χ2v) is 3.06. The summed E-state index contributed by atoms with van der Waals surface area (Å²) in [6.07, 6.45) is 0. The number of carbonyl (C=O) groups excluding carboxylic acids is 1. The van der Waals surface area contributed by atoms with E-state index in [1.165, 1.54) is 0 Å². The van der Waals surface area contributed by atoms with Crippen molar-refractivity contribution in [3.63, 3.8) is 0 Å². The molecule has 0 fully saturated rings. The van der Waals surface area contributed by atoms with Gasteiger partial charge in [0.1, 0.15) is 0 Å². The van der Waals surface area contributed by atoms with Gasteiger partial charge in [-0.2, -0.15) is 0 Å². The minimum Gasteiger partial charge on any atom is -0.289 e. The zero-order valence-electron chi connectivity index (χ0n) is 8.18. The molecule has 0 saturated heterocycles. The molecule has 0 atom stereocenters. The summed E-state index contributed by atoms with van der Waals surface area (Å²) >= 11 is 0. The van der Waals surface area contributed by atoms with Crippen molar-refractivity contribution >= 4 is 5.78 Å². The maximum Gasteiger partial charge on any atom is 0.193 e. The van der Waals surface area contributed by atoms with Crippen molar-refractivity contribution in [2.45, 2.75) is 0 Å². The Morgan fingerprint density at radius 3 is 1.33 bits per heavy atom. The molecule has 0 bridgehead atoms. The van der Waals surface area contributed by atoms with Crippen molar-refractivity contribution in [2.75, 3.05) is 0 Å². The smallest absolute Gasteiger partial charge is 0.193 e. The van der Waals surface area contributed by atoms with E-state index in [1.54, 1.807) is 0 Å². The van der Waals surface area contributed by atoms with Crippen LogP contribution in [0.15, 0.2) is 60.7 Å². The van der Waals surface area contributed by atoms with Crippen LogP contribution in [0.1, 0.15) is 15.9 Å². The van der Waals surface area contributed by atoms with Crippen LogP contribution in [0.2, 0.25) is 0 Å². The summed E-state index contributed by atoms with van der Waals surface area (Å²) in [6.45, 7) is 0. The van der Waals surface area contributed by atoms with Gasteiger partial charge in [-0.1, -0.05) is 60.7 Å². The van der Waals surface area contributed by atoms with Gasteiger partial charge in [-0.05, 0) is 0 Å². The molecule has 1 nitrogen and oxygen atoms in total. The SMILES string of the molecule is O=C(c1ccccc1)c1ccccc1.[Ti]. The fourth-order valence-electron chi connectivity index (χ4n) is 1.35. The second-order valence-electron chi connectivity index (χ2n) is 3.06. The predicted molar refractivity (Wildman–Crippen MR) is 56.3 cm³/mol. The second kappa shape index (κ2) is 5.64. The van der Waals surface area contributed by atoms with Crippen LogP contribution >= 0.6 is 0 Å². The average Bonchev–Trinajstić information content (AvgIpc) is 2.30. The number of hydrogen-bond acceptors (Lipinski definition) is 1. The molecule has 0 aromatic heterocycles. The summed E-state index contributed by atoms with van der Waals surface area (Å²) < 4.78 is 0. The van der Waals surface area contributed by atoms with Gasteiger partial charge < -0.3 is 0 Å². The molecule has 2 heteroatoms. The Morgan fingerprint density at radius 1 is 0.667 bits per heavy atom. The molecule has 0 N–H and O–H groups in total. The molecule has 2 aromatic carbocycles. The van der Waals surface area contributed by atoms with Crippen molar-refractivity contribution < 1.29 is 26.5 Å². The van der Waals surface area contributed by atoms with Gasteiger partial charge in [0.2, 0.25) is 0 Å². The predicted octanol–water partition coefficient (Wildman–Crippen LogP) is 2.92. The van der Waals surface area contributed by atoms with Gasteiger partial charge in [0.15, 0.2) is 5.78 Å². The first-order chi connectivity index (χ1) is 6.88. The zero-order chi connectivity index (χ0) is 9.80. The van der Waals surface area contributed by atoms with E-state index < -0.39 is 0 Å². The molecule has 0 radical (unpaired) electrons. The van der Waals surface area contributed by atoms with Crippen LogP contribution in [-0.2, 0) is 21.7 Å². The van der Waals surface area contributed by atoms with E-state index in [2.05, 4.69) is 0 Å². The van der Waals surface area contributed by atoms with Gasteiger partial charge in [-0.3, -0.25) is 4.79 Å². The Labute approximate surface area is 104 Å². The van der Waals surface area contributed by atoms with E-state index >= 15 is 0 Å². The van der Waals surface area contributed by atoms with E-state index in [0.717, 1.165) is 11.1 Å². The van der Waals surface area contributed by atoms with Gasteiger partial charge in [-0.15, -0.1) is 0 Å². The molecule has 2 aromatic rings. The number of carbonyl (C=O) groups is 1. The normalized spacial score (nSPS) is 9.07. The van der Waals surface area contributed by atoms with E-state index in [0.29, 0.717) is 0 Å². The summed E-state index contributed by atoms with van der Waals surface area (Å²) in [5, 5.41) is 0. The van der Waals surface area contributed by atoms with Crippen molar-refractivity contribution in [3.05, 3.63) is 71.8 Å². The number of ketones is 1. The van der Waals surface area contributed by atoms with Crippen LogP contribution in [0, 0.1) is 0 Å². The molecule has 0 aliphatic rings. The largest absolute Gasteiger partial charge is 0.289 e. The molecule has 15 heavy (non-hydrogen) atoms. The van der Waals surface area contributed by atoms with Gasteiger partial charge in [0.05, 0.1) is 0 Å². The van der Waals surface area contributed by atoms with Crippen molar-refractivity contribution in [1.29, 1.82) is 0 Å². The molecule has 0 spiro atoms. The first kappa shape index (κ1) is 11.9. The van der Waals surface area contributed by atoms with Crippen LogP contribution in [0.5, 0.6) is 0 Å². The van der Waals surface area contributed by atoms with Crippen LogP contribution in [0.3, 0.4) is 0 Å². The molecule has 2 rings (SSSR count). The summed E-state index contributed by atoms with van der Waals surface area (Å²) in [4.78, 5) is 11.8. The van der Waals surface area contributed by atoms with Gasteiger partial charge >= 0.3 is 0 Å². The Balaban J connectivity index is 0.00000112. The molecular weight excluding hydrogens is 220 g/mol. The first-order valence-electron chi connectivity index (χ1n) is 4.53. The first-order valence-corrected chi connectivity index (χ1v) is 4.53. The molecule has 0 heterocycles. The third-order valence-electron chi connectivity index (χ3n) is 2.07. The molecule has 0 aliphatic heterocycles. The average molecular weight is 230 g/mol. The van der Waals surface area contributed by atoms with Crippen molar-refractivity contribution in [1.82, 2.24) is 0 Å². The maximum atomic E-state index is 11.8. The standard InChI is InChI=1S/C13H10O.Ti/c14-13(11-7-3-1-4-8-11)12-9-5-2-6-10-12;/h1-10H;.